The highest BCUT2D eigenvalue weighted by Crippen LogP contribution is 2.33. The number of carboxylic acid groups (broad SMARTS) is 1. The predicted molar refractivity (Wildman–Crippen MR) is 100 cm³/mol. The first-order chi connectivity index (χ1) is 11.5. The zero-order valence-corrected chi connectivity index (χ0v) is 14.6. The first kappa shape index (κ1) is 15.6. The van der Waals surface area contributed by atoms with Gasteiger partial charge in [-0.15, -0.1) is 9.24 Å². The summed E-state index contributed by atoms with van der Waals surface area (Å²) in [7, 11) is 2.55. The van der Waals surface area contributed by atoms with Crippen molar-refractivity contribution in [1.29, 1.82) is 0 Å². The first-order valence-corrected chi connectivity index (χ1v) is 8.87. The maximum absolute atomic E-state index is 11.3. The van der Waals surface area contributed by atoms with Crippen LogP contribution in [0.3, 0.4) is 0 Å². The number of fused-ring (bicyclic) bond motifs is 3. The van der Waals surface area contributed by atoms with Gasteiger partial charge in [-0.2, -0.15) is 0 Å². The van der Waals surface area contributed by atoms with Crippen molar-refractivity contribution in [1.82, 2.24) is 9.88 Å². The van der Waals surface area contributed by atoms with Gasteiger partial charge in [-0.25, -0.2) is 0 Å². The van der Waals surface area contributed by atoms with Crippen LogP contribution in [0.2, 0.25) is 0 Å². The number of aromatic nitrogens is 1. The van der Waals surface area contributed by atoms with Crippen LogP contribution in [0.5, 0.6) is 0 Å². The Morgan fingerprint density at radius 2 is 1.83 bits per heavy atom. The highest BCUT2D eigenvalue weighted by molar-refractivity contribution is 7.21. The van der Waals surface area contributed by atoms with Crippen molar-refractivity contribution in [3.05, 3.63) is 48.0 Å². The molecule has 4 rings (SSSR count). The molecule has 2 aromatic carbocycles. The Morgan fingerprint density at radius 1 is 1.12 bits per heavy atom. The van der Waals surface area contributed by atoms with Gasteiger partial charge < -0.3 is 10.1 Å². The summed E-state index contributed by atoms with van der Waals surface area (Å²) in [5, 5.41) is 11.2. The summed E-state index contributed by atoms with van der Waals surface area (Å²) >= 11 is 0. The van der Waals surface area contributed by atoms with Crippen LogP contribution in [-0.2, 0) is 11.3 Å². The summed E-state index contributed by atoms with van der Waals surface area (Å²) < 4.78 is 0. The van der Waals surface area contributed by atoms with Crippen molar-refractivity contribution >= 4 is 37.0 Å². The van der Waals surface area contributed by atoms with E-state index in [1.165, 1.54) is 16.3 Å². The van der Waals surface area contributed by atoms with Crippen molar-refractivity contribution in [2.75, 3.05) is 13.1 Å². The van der Waals surface area contributed by atoms with E-state index in [-0.39, 0.29) is 0 Å². The van der Waals surface area contributed by atoms with Gasteiger partial charge in [0.1, 0.15) is 0 Å². The first-order valence-electron chi connectivity index (χ1n) is 8.29. The van der Waals surface area contributed by atoms with Crippen molar-refractivity contribution in [2.45, 2.75) is 24.5 Å². The maximum atomic E-state index is 11.3. The zero-order valence-electron chi connectivity index (χ0n) is 13.5. The Balaban J connectivity index is 1.55. The average molecular weight is 340 g/mol. The quantitative estimate of drug-likeness (QED) is 0.716. The molecule has 1 atom stereocenters. The second-order valence-corrected chi connectivity index (χ2v) is 7.89. The van der Waals surface area contributed by atoms with Gasteiger partial charge in [0, 0.05) is 28.4 Å². The largest absolute Gasteiger partial charge is 0.481 e. The van der Waals surface area contributed by atoms with Crippen molar-refractivity contribution in [2.24, 2.45) is 0 Å². The number of aliphatic carboxylic acids is 1. The van der Waals surface area contributed by atoms with Gasteiger partial charge >= 0.3 is 5.97 Å². The number of H-pyrrole nitrogens is 1. The number of carboxylic acids is 1. The molecule has 4 nitrogen and oxygen atoms in total. The molecule has 2 heterocycles. The molecule has 2 N–H and O–H groups in total. The van der Waals surface area contributed by atoms with Gasteiger partial charge in [-0.1, -0.05) is 24.3 Å². The number of likely N-dealkylation sites (tertiary alicyclic amines) is 1. The monoisotopic (exact) mass is 340 g/mol. The number of hydrogen-bond donors (Lipinski definition) is 2. The van der Waals surface area contributed by atoms with Gasteiger partial charge in [0.25, 0.3) is 0 Å². The fourth-order valence-electron chi connectivity index (χ4n) is 3.58. The van der Waals surface area contributed by atoms with E-state index in [2.05, 4.69) is 55.5 Å². The molecule has 3 aromatic rings. The van der Waals surface area contributed by atoms with Crippen LogP contribution in [0.25, 0.3) is 21.8 Å². The van der Waals surface area contributed by atoms with Gasteiger partial charge in [-0.05, 0) is 49.7 Å². The minimum absolute atomic E-state index is 0.642. The molecule has 0 saturated carbocycles. The molecule has 0 aliphatic carbocycles. The Kier molecular flexibility index (Phi) is 3.82. The van der Waals surface area contributed by atoms with E-state index in [9.17, 15) is 9.90 Å². The molecule has 1 fully saturated rings. The number of aromatic amines is 1. The van der Waals surface area contributed by atoms with E-state index < -0.39 is 11.1 Å². The summed E-state index contributed by atoms with van der Waals surface area (Å²) in [5.41, 5.74) is 3.60. The third-order valence-electron chi connectivity index (χ3n) is 5.15. The van der Waals surface area contributed by atoms with Crippen molar-refractivity contribution < 1.29 is 9.90 Å². The van der Waals surface area contributed by atoms with E-state index in [4.69, 9.17) is 0 Å². The highest BCUT2D eigenvalue weighted by atomic mass is 31.0. The normalized spacial score (nSPS) is 18.2. The smallest absolute Gasteiger partial charge is 0.313 e. The van der Waals surface area contributed by atoms with E-state index in [0.717, 1.165) is 30.7 Å². The molecular weight excluding hydrogens is 319 g/mol. The summed E-state index contributed by atoms with van der Waals surface area (Å²) in [6.45, 7) is 2.51. The lowest BCUT2D eigenvalue weighted by Gasteiger charge is -2.36. The van der Waals surface area contributed by atoms with E-state index in [1.807, 2.05) is 6.07 Å². The fraction of sp³-hybridized carbons (Fsp3) is 0.316. The number of hydrogen-bond acceptors (Lipinski definition) is 2. The number of para-hydroxylation sites is 1. The van der Waals surface area contributed by atoms with Crippen LogP contribution in [0.15, 0.2) is 42.5 Å². The van der Waals surface area contributed by atoms with E-state index in [1.54, 1.807) is 0 Å². The van der Waals surface area contributed by atoms with E-state index in [0.29, 0.717) is 12.8 Å². The third-order valence-corrected chi connectivity index (χ3v) is 5.98. The molecule has 1 aromatic heterocycles. The molecule has 0 bridgehead atoms. The van der Waals surface area contributed by atoms with Crippen LogP contribution in [-0.4, -0.2) is 39.2 Å². The molecular formula is C19H21N2O2P. The molecule has 0 spiro atoms. The molecule has 0 radical (unpaired) electrons. The lowest BCUT2D eigenvalue weighted by molar-refractivity contribution is -0.141. The third kappa shape index (κ3) is 2.70. The second-order valence-electron chi connectivity index (χ2n) is 6.79. The number of nitrogens with one attached hydrogen (secondary N) is 1. The summed E-state index contributed by atoms with van der Waals surface area (Å²) in [4.78, 5) is 17.1. The maximum Gasteiger partial charge on any atom is 0.313 e. The Hall–Kier alpha value is -1.90. The highest BCUT2D eigenvalue weighted by Gasteiger charge is 2.36. The molecule has 24 heavy (non-hydrogen) atoms. The number of rotatable bonds is 3. The molecule has 124 valence electrons. The molecule has 1 unspecified atom stereocenters. The molecule has 0 amide bonds. The van der Waals surface area contributed by atoms with Crippen LogP contribution in [0, 0.1) is 0 Å². The minimum Gasteiger partial charge on any atom is -0.481 e. The lowest BCUT2D eigenvalue weighted by atomic mass is 9.95. The predicted octanol–water partition coefficient (Wildman–Crippen LogP) is 3.62. The zero-order chi connectivity index (χ0) is 16.7. The molecule has 1 aliphatic rings. The van der Waals surface area contributed by atoms with Gasteiger partial charge in [-0.3, -0.25) is 9.69 Å². The number of benzene rings is 2. The number of nitrogens with zero attached hydrogens (tertiary/aromatic N) is 1. The number of piperidine rings is 1. The Bertz CT molecular complexity index is 910. The Morgan fingerprint density at radius 3 is 2.58 bits per heavy atom. The summed E-state index contributed by atoms with van der Waals surface area (Å²) in [6.07, 6.45) is 1.37. The van der Waals surface area contributed by atoms with Crippen LogP contribution in [0.4, 0.5) is 0 Å². The Labute approximate surface area is 143 Å². The van der Waals surface area contributed by atoms with Crippen LogP contribution in [0.1, 0.15) is 18.4 Å². The van der Waals surface area contributed by atoms with Gasteiger partial charge in [0.15, 0.2) is 0 Å². The topological polar surface area (TPSA) is 56.3 Å². The van der Waals surface area contributed by atoms with E-state index >= 15 is 0 Å². The fourth-order valence-corrected chi connectivity index (χ4v) is 3.83. The van der Waals surface area contributed by atoms with Crippen LogP contribution < -0.4 is 0 Å². The van der Waals surface area contributed by atoms with Crippen LogP contribution >= 0.6 is 9.24 Å². The SMILES string of the molecule is O=C(O)C1(P)CCN(Cc2ccc3[nH]c4ccccc4c3c2)CC1. The average Bonchev–Trinajstić information content (AvgIpc) is 2.95. The molecule has 1 aliphatic heterocycles. The lowest BCUT2D eigenvalue weighted by Crippen LogP contribution is -2.44. The van der Waals surface area contributed by atoms with Gasteiger partial charge in [0.2, 0.25) is 0 Å². The summed E-state index contributed by atoms with van der Waals surface area (Å²) in [6, 6.07) is 14.9. The minimum atomic E-state index is -0.702. The standard InChI is InChI=1S/C19H21N2O2P/c22-18(23)19(24)7-9-21(10-8-19)12-13-5-6-17-15(11-13)14-3-1-2-4-16(14)20-17/h1-6,11,20H,7-10,12,24H2,(H,22,23). The second kappa shape index (κ2) is 5.87. The summed E-state index contributed by atoms with van der Waals surface area (Å²) in [5.74, 6) is -0.702. The number of carbonyl (C=O) groups is 1. The molecule has 1 saturated heterocycles. The van der Waals surface area contributed by atoms with Crippen molar-refractivity contribution in [3.8, 4) is 0 Å². The molecule has 5 heteroatoms. The van der Waals surface area contributed by atoms with Gasteiger partial charge in [0.05, 0.1) is 5.16 Å². The van der Waals surface area contributed by atoms with Crippen molar-refractivity contribution in [3.63, 3.8) is 0 Å².